The molecule has 0 fully saturated rings. The maximum Gasteiger partial charge on any atom is 0.419 e. The Hall–Kier alpha value is -2.18. The molecule has 0 bridgehead atoms. The van der Waals surface area contributed by atoms with Crippen LogP contribution in [-0.4, -0.2) is 16.5 Å². The summed E-state index contributed by atoms with van der Waals surface area (Å²) in [6.45, 7) is 4.18. The molecule has 0 amide bonds. The topological polar surface area (TPSA) is 37.8 Å². The van der Waals surface area contributed by atoms with E-state index in [0.717, 1.165) is 12.1 Å². The third kappa shape index (κ3) is 3.48. The van der Waals surface area contributed by atoms with Crippen LogP contribution in [0.3, 0.4) is 0 Å². The van der Waals surface area contributed by atoms with Crippen molar-refractivity contribution in [1.82, 2.24) is 9.97 Å². The van der Waals surface area contributed by atoms with Gasteiger partial charge in [-0.25, -0.2) is 14.4 Å². The molecule has 0 aliphatic heterocycles. The summed E-state index contributed by atoms with van der Waals surface area (Å²) in [6, 6.07) is 4.32. The van der Waals surface area contributed by atoms with Gasteiger partial charge in [-0.2, -0.15) is 13.2 Å². The zero-order valence-corrected chi connectivity index (χ0v) is 11.4. The van der Waals surface area contributed by atoms with E-state index in [2.05, 4.69) is 15.3 Å². The Morgan fingerprint density at radius 1 is 1.14 bits per heavy atom. The standard InChI is InChI=1S/C14H13F4N3/c1-3-19-13-7-12(20-8(2)21-13)9-4-5-10(11(15)6-9)14(16,17)18/h4-7H,3H2,1-2H3,(H,19,20,21). The fourth-order valence-corrected chi connectivity index (χ4v) is 1.89. The van der Waals surface area contributed by atoms with Crippen molar-refractivity contribution in [3.05, 3.63) is 41.5 Å². The van der Waals surface area contributed by atoms with E-state index in [1.54, 1.807) is 13.0 Å². The van der Waals surface area contributed by atoms with Gasteiger partial charge in [0, 0.05) is 18.2 Å². The number of hydrogen-bond donors (Lipinski definition) is 1. The van der Waals surface area contributed by atoms with E-state index in [-0.39, 0.29) is 5.56 Å². The van der Waals surface area contributed by atoms with Gasteiger partial charge in [0.05, 0.1) is 11.3 Å². The average molecular weight is 299 g/mol. The number of aryl methyl sites for hydroxylation is 1. The summed E-state index contributed by atoms with van der Waals surface area (Å²) in [5.74, 6) is -0.328. The van der Waals surface area contributed by atoms with Crippen molar-refractivity contribution in [1.29, 1.82) is 0 Å². The summed E-state index contributed by atoms with van der Waals surface area (Å²) in [6.07, 6.45) is -4.71. The fourth-order valence-electron chi connectivity index (χ4n) is 1.89. The van der Waals surface area contributed by atoms with Crippen molar-refractivity contribution in [2.45, 2.75) is 20.0 Å². The zero-order chi connectivity index (χ0) is 15.6. The lowest BCUT2D eigenvalue weighted by Crippen LogP contribution is -2.08. The number of rotatable bonds is 3. The first-order valence-electron chi connectivity index (χ1n) is 6.28. The van der Waals surface area contributed by atoms with Crippen molar-refractivity contribution in [2.24, 2.45) is 0 Å². The van der Waals surface area contributed by atoms with Crippen LogP contribution in [0.2, 0.25) is 0 Å². The highest BCUT2D eigenvalue weighted by Gasteiger charge is 2.34. The van der Waals surface area contributed by atoms with Crippen LogP contribution >= 0.6 is 0 Å². The fraction of sp³-hybridized carbons (Fsp3) is 0.286. The summed E-state index contributed by atoms with van der Waals surface area (Å²) >= 11 is 0. The molecule has 0 unspecified atom stereocenters. The number of hydrogen-bond acceptors (Lipinski definition) is 3. The molecule has 21 heavy (non-hydrogen) atoms. The van der Waals surface area contributed by atoms with Crippen LogP contribution in [0.1, 0.15) is 18.3 Å². The molecule has 0 aliphatic carbocycles. The first kappa shape index (κ1) is 15.2. The lowest BCUT2D eigenvalue weighted by Gasteiger charge is -2.10. The molecule has 0 radical (unpaired) electrons. The van der Waals surface area contributed by atoms with E-state index >= 15 is 0 Å². The van der Waals surface area contributed by atoms with Crippen LogP contribution in [0.4, 0.5) is 23.4 Å². The second kappa shape index (κ2) is 5.67. The van der Waals surface area contributed by atoms with Gasteiger partial charge < -0.3 is 5.32 Å². The van der Waals surface area contributed by atoms with Gasteiger partial charge in [-0.1, -0.05) is 6.07 Å². The van der Waals surface area contributed by atoms with Gasteiger partial charge in [0.1, 0.15) is 17.5 Å². The van der Waals surface area contributed by atoms with Crippen LogP contribution in [0, 0.1) is 12.7 Å². The van der Waals surface area contributed by atoms with Gasteiger partial charge in [-0.3, -0.25) is 0 Å². The maximum absolute atomic E-state index is 13.6. The highest BCUT2D eigenvalue weighted by molar-refractivity contribution is 5.63. The van der Waals surface area contributed by atoms with Crippen LogP contribution in [0.25, 0.3) is 11.3 Å². The third-order valence-electron chi connectivity index (χ3n) is 2.77. The van der Waals surface area contributed by atoms with Crippen molar-refractivity contribution in [2.75, 3.05) is 11.9 Å². The number of benzene rings is 1. The molecule has 1 heterocycles. The molecule has 0 atom stereocenters. The van der Waals surface area contributed by atoms with E-state index in [0.29, 0.717) is 23.9 Å². The van der Waals surface area contributed by atoms with E-state index in [9.17, 15) is 17.6 Å². The van der Waals surface area contributed by atoms with Gasteiger partial charge in [0.2, 0.25) is 0 Å². The zero-order valence-electron chi connectivity index (χ0n) is 11.4. The number of nitrogens with zero attached hydrogens (tertiary/aromatic N) is 2. The van der Waals surface area contributed by atoms with Gasteiger partial charge in [-0.15, -0.1) is 0 Å². The second-order valence-electron chi connectivity index (χ2n) is 4.41. The Kier molecular flexibility index (Phi) is 4.11. The molecule has 3 nitrogen and oxygen atoms in total. The van der Waals surface area contributed by atoms with Crippen LogP contribution in [-0.2, 0) is 6.18 Å². The van der Waals surface area contributed by atoms with E-state index < -0.39 is 17.6 Å². The first-order valence-corrected chi connectivity index (χ1v) is 6.28. The molecular weight excluding hydrogens is 286 g/mol. The normalized spacial score (nSPS) is 11.5. The number of halogens is 4. The first-order chi connectivity index (χ1) is 9.81. The summed E-state index contributed by atoms with van der Waals surface area (Å²) in [7, 11) is 0. The van der Waals surface area contributed by atoms with E-state index in [1.807, 2.05) is 6.92 Å². The Bertz CT molecular complexity index is 653. The molecular formula is C14H13F4N3. The van der Waals surface area contributed by atoms with Crippen molar-refractivity contribution in [3.8, 4) is 11.3 Å². The number of aromatic nitrogens is 2. The average Bonchev–Trinajstić information content (AvgIpc) is 2.36. The van der Waals surface area contributed by atoms with E-state index in [1.165, 1.54) is 6.07 Å². The molecule has 1 aromatic carbocycles. The van der Waals surface area contributed by atoms with Crippen LogP contribution in [0.5, 0.6) is 0 Å². The minimum Gasteiger partial charge on any atom is -0.370 e. The van der Waals surface area contributed by atoms with Gasteiger partial charge in [-0.05, 0) is 26.0 Å². The van der Waals surface area contributed by atoms with Crippen LogP contribution in [0.15, 0.2) is 24.3 Å². The van der Waals surface area contributed by atoms with Gasteiger partial charge in [0.15, 0.2) is 0 Å². The maximum atomic E-state index is 13.6. The molecule has 112 valence electrons. The molecule has 0 aliphatic rings. The van der Waals surface area contributed by atoms with Crippen molar-refractivity contribution in [3.63, 3.8) is 0 Å². The smallest absolute Gasteiger partial charge is 0.370 e. The van der Waals surface area contributed by atoms with Gasteiger partial charge >= 0.3 is 6.18 Å². The SMILES string of the molecule is CCNc1cc(-c2ccc(C(F)(F)F)c(F)c2)nc(C)n1. The Morgan fingerprint density at radius 3 is 2.43 bits per heavy atom. The largest absolute Gasteiger partial charge is 0.419 e. The summed E-state index contributed by atoms with van der Waals surface area (Å²) in [5, 5.41) is 2.98. The number of anilines is 1. The second-order valence-corrected chi connectivity index (χ2v) is 4.41. The number of alkyl halides is 3. The minimum atomic E-state index is -4.71. The highest BCUT2D eigenvalue weighted by Crippen LogP contribution is 2.33. The molecule has 2 rings (SSSR count). The summed E-state index contributed by atoms with van der Waals surface area (Å²) < 4.78 is 51.2. The Morgan fingerprint density at radius 2 is 1.86 bits per heavy atom. The third-order valence-corrected chi connectivity index (χ3v) is 2.77. The van der Waals surface area contributed by atoms with Crippen molar-refractivity contribution >= 4 is 5.82 Å². The van der Waals surface area contributed by atoms with E-state index in [4.69, 9.17) is 0 Å². The lowest BCUT2D eigenvalue weighted by atomic mass is 10.1. The monoisotopic (exact) mass is 299 g/mol. The van der Waals surface area contributed by atoms with Crippen molar-refractivity contribution < 1.29 is 17.6 Å². The quantitative estimate of drug-likeness (QED) is 0.869. The lowest BCUT2D eigenvalue weighted by molar-refractivity contribution is -0.139. The van der Waals surface area contributed by atoms with Gasteiger partial charge in [0.25, 0.3) is 0 Å². The summed E-state index contributed by atoms with van der Waals surface area (Å²) in [4.78, 5) is 8.25. The minimum absolute atomic E-state index is 0.269. The van der Waals surface area contributed by atoms with Crippen LogP contribution < -0.4 is 5.32 Å². The highest BCUT2D eigenvalue weighted by atomic mass is 19.4. The molecule has 7 heteroatoms. The predicted molar refractivity (Wildman–Crippen MR) is 71.3 cm³/mol. The predicted octanol–water partition coefficient (Wildman–Crippen LogP) is 4.04. The molecule has 0 spiro atoms. The Balaban J connectivity index is 2.45. The Labute approximate surface area is 119 Å². The molecule has 1 aromatic heterocycles. The molecule has 2 aromatic rings. The molecule has 0 saturated carbocycles. The number of nitrogens with one attached hydrogen (secondary N) is 1. The molecule has 1 N–H and O–H groups in total. The molecule has 0 saturated heterocycles. The summed E-state index contributed by atoms with van der Waals surface area (Å²) in [5.41, 5.74) is -0.653.